The lowest BCUT2D eigenvalue weighted by Crippen LogP contribution is -2.07. The van der Waals surface area contributed by atoms with Gasteiger partial charge in [0.2, 0.25) is 0 Å². The van der Waals surface area contributed by atoms with Crippen LogP contribution in [-0.4, -0.2) is 18.9 Å². The van der Waals surface area contributed by atoms with Crippen LogP contribution in [0.15, 0.2) is 48.5 Å². The van der Waals surface area contributed by atoms with E-state index in [4.69, 9.17) is 9.47 Å². The fourth-order valence-electron chi connectivity index (χ4n) is 1.72. The Labute approximate surface area is 116 Å². The smallest absolute Gasteiger partial charge is 0.338 e. The summed E-state index contributed by atoms with van der Waals surface area (Å²) in [5.74, 6) is 0.639. The highest BCUT2D eigenvalue weighted by Crippen LogP contribution is 2.23. The number of para-hydroxylation sites is 1. The number of carbonyl (C=O) groups is 2. The Morgan fingerprint density at radius 1 is 1.10 bits per heavy atom. The summed E-state index contributed by atoms with van der Waals surface area (Å²) in [6.45, 7) is 1.98. The second-order valence-corrected chi connectivity index (χ2v) is 4.00. The highest BCUT2D eigenvalue weighted by Gasteiger charge is 2.13. The van der Waals surface area contributed by atoms with Gasteiger partial charge < -0.3 is 9.47 Å². The van der Waals surface area contributed by atoms with E-state index in [1.807, 2.05) is 18.2 Å². The molecule has 0 heterocycles. The van der Waals surface area contributed by atoms with Gasteiger partial charge >= 0.3 is 5.97 Å². The highest BCUT2D eigenvalue weighted by molar-refractivity contribution is 5.98. The third kappa shape index (κ3) is 3.23. The molecule has 0 aliphatic carbocycles. The van der Waals surface area contributed by atoms with Crippen LogP contribution in [0.1, 0.15) is 27.6 Å². The van der Waals surface area contributed by atoms with Crippen molar-refractivity contribution in [1.29, 1.82) is 0 Å². The van der Waals surface area contributed by atoms with Crippen molar-refractivity contribution < 1.29 is 19.1 Å². The number of aldehydes is 1. The molecule has 0 spiro atoms. The molecule has 4 nitrogen and oxygen atoms in total. The lowest BCUT2D eigenvalue weighted by Gasteiger charge is -2.08. The molecule has 2 aromatic rings. The van der Waals surface area contributed by atoms with Crippen molar-refractivity contribution in [2.45, 2.75) is 6.92 Å². The van der Waals surface area contributed by atoms with E-state index in [9.17, 15) is 9.59 Å². The summed E-state index contributed by atoms with van der Waals surface area (Å²) in [7, 11) is 0. The zero-order valence-electron chi connectivity index (χ0n) is 11.0. The topological polar surface area (TPSA) is 52.6 Å². The van der Waals surface area contributed by atoms with Gasteiger partial charge in [-0.05, 0) is 37.3 Å². The van der Waals surface area contributed by atoms with Gasteiger partial charge in [-0.1, -0.05) is 18.2 Å². The van der Waals surface area contributed by atoms with Gasteiger partial charge in [-0.25, -0.2) is 4.79 Å². The van der Waals surface area contributed by atoms with Crippen molar-refractivity contribution >= 4 is 12.3 Å². The standard InChI is InChI=1S/C16H14O4/c1-2-19-16(18)15-9-8-14(10-12(15)11-17)20-13-6-4-3-5-7-13/h3-11H,2H2,1H3. The highest BCUT2D eigenvalue weighted by atomic mass is 16.5. The maximum absolute atomic E-state index is 11.7. The molecule has 0 aromatic heterocycles. The Morgan fingerprint density at radius 2 is 1.85 bits per heavy atom. The maximum atomic E-state index is 11.7. The van der Waals surface area contributed by atoms with Crippen molar-refractivity contribution in [3.05, 3.63) is 59.7 Å². The van der Waals surface area contributed by atoms with Gasteiger partial charge in [0.05, 0.1) is 12.2 Å². The molecule has 2 rings (SSSR count). The molecule has 0 aliphatic heterocycles. The van der Waals surface area contributed by atoms with Crippen molar-refractivity contribution in [3.63, 3.8) is 0 Å². The summed E-state index contributed by atoms with van der Waals surface area (Å²) in [6, 6.07) is 13.9. The lowest BCUT2D eigenvalue weighted by atomic mass is 10.1. The Hall–Kier alpha value is -2.62. The Morgan fingerprint density at radius 3 is 2.50 bits per heavy atom. The number of carbonyl (C=O) groups excluding carboxylic acids is 2. The minimum atomic E-state index is -0.513. The van der Waals surface area contributed by atoms with Crippen LogP contribution in [-0.2, 0) is 4.74 Å². The molecule has 20 heavy (non-hydrogen) atoms. The second-order valence-electron chi connectivity index (χ2n) is 4.00. The van der Waals surface area contributed by atoms with E-state index in [-0.39, 0.29) is 17.7 Å². The minimum Gasteiger partial charge on any atom is -0.462 e. The van der Waals surface area contributed by atoms with Crippen LogP contribution < -0.4 is 4.74 Å². The SMILES string of the molecule is CCOC(=O)c1ccc(Oc2ccccc2)cc1C=O. The van der Waals surface area contributed by atoms with Crippen LogP contribution >= 0.6 is 0 Å². The summed E-state index contributed by atoms with van der Waals surface area (Å²) in [6.07, 6.45) is 0.615. The molecule has 0 unspecified atom stereocenters. The predicted octanol–water partition coefficient (Wildman–Crippen LogP) is 3.47. The van der Waals surface area contributed by atoms with Crippen LogP contribution in [0, 0.1) is 0 Å². The normalized spacial score (nSPS) is 9.85. The summed E-state index contributed by atoms with van der Waals surface area (Å²) >= 11 is 0. The summed E-state index contributed by atoms with van der Waals surface area (Å²) < 4.78 is 10.5. The fourth-order valence-corrected chi connectivity index (χ4v) is 1.72. The largest absolute Gasteiger partial charge is 0.462 e. The van der Waals surface area contributed by atoms with E-state index in [0.29, 0.717) is 17.8 Å². The zero-order valence-corrected chi connectivity index (χ0v) is 11.0. The van der Waals surface area contributed by atoms with Gasteiger partial charge in [0.1, 0.15) is 11.5 Å². The number of esters is 1. The minimum absolute atomic E-state index is 0.238. The van der Waals surface area contributed by atoms with Gasteiger partial charge in [0.15, 0.2) is 6.29 Å². The maximum Gasteiger partial charge on any atom is 0.338 e. The lowest BCUT2D eigenvalue weighted by molar-refractivity contribution is 0.0524. The number of rotatable bonds is 5. The third-order valence-corrected chi connectivity index (χ3v) is 2.62. The van der Waals surface area contributed by atoms with E-state index in [1.54, 1.807) is 25.1 Å². The molecule has 0 atom stereocenters. The first-order valence-electron chi connectivity index (χ1n) is 6.24. The number of ether oxygens (including phenoxy) is 2. The van der Waals surface area contributed by atoms with E-state index in [0.717, 1.165) is 0 Å². The first-order chi connectivity index (χ1) is 9.74. The Bertz CT molecular complexity index is 605. The van der Waals surface area contributed by atoms with Crippen molar-refractivity contribution in [2.75, 3.05) is 6.61 Å². The zero-order chi connectivity index (χ0) is 14.4. The molecule has 0 radical (unpaired) electrons. The molecule has 0 saturated carbocycles. The monoisotopic (exact) mass is 270 g/mol. The summed E-state index contributed by atoms with van der Waals surface area (Å²) in [5.41, 5.74) is 0.485. The molecular weight excluding hydrogens is 256 g/mol. The molecule has 4 heteroatoms. The Balaban J connectivity index is 2.25. The molecule has 0 aliphatic rings. The quantitative estimate of drug-likeness (QED) is 0.616. The van der Waals surface area contributed by atoms with Gasteiger partial charge in [-0.15, -0.1) is 0 Å². The third-order valence-electron chi connectivity index (χ3n) is 2.62. The van der Waals surface area contributed by atoms with E-state index < -0.39 is 5.97 Å². The molecule has 102 valence electrons. The molecular formula is C16H14O4. The van der Waals surface area contributed by atoms with Crippen molar-refractivity contribution in [1.82, 2.24) is 0 Å². The van der Waals surface area contributed by atoms with E-state index in [1.165, 1.54) is 12.1 Å². The fraction of sp³-hybridized carbons (Fsp3) is 0.125. The van der Waals surface area contributed by atoms with Crippen molar-refractivity contribution in [2.24, 2.45) is 0 Å². The van der Waals surface area contributed by atoms with Crippen LogP contribution in [0.3, 0.4) is 0 Å². The second kappa shape index (κ2) is 6.52. The molecule has 0 bridgehead atoms. The van der Waals surface area contributed by atoms with Gasteiger partial charge in [-0.3, -0.25) is 4.79 Å². The van der Waals surface area contributed by atoms with Gasteiger partial charge in [-0.2, -0.15) is 0 Å². The first-order valence-corrected chi connectivity index (χ1v) is 6.24. The molecule has 0 saturated heterocycles. The number of hydrogen-bond acceptors (Lipinski definition) is 4. The van der Waals surface area contributed by atoms with Crippen LogP contribution in [0.2, 0.25) is 0 Å². The van der Waals surface area contributed by atoms with Crippen LogP contribution in [0.4, 0.5) is 0 Å². The van der Waals surface area contributed by atoms with Crippen LogP contribution in [0.25, 0.3) is 0 Å². The average molecular weight is 270 g/mol. The molecule has 0 amide bonds. The average Bonchev–Trinajstić information content (AvgIpc) is 2.48. The first kappa shape index (κ1) is 13.8. The van der Waals surface area contributed by atoms with E-state index >= 15 is 0 Å². The van der Waals surface area contributed by atoms with Crippen LogP contribution in [0.5, 0.6) is 11.5 Å². The Kier molecular flexibility index (Phi) is 4.50. The number of benzene rings is 2. The van der Waals surface area contributed by atoms with Gasteiger partial charge in [0.25, 0.3) is 0 Å². The summed E-state index contributed by atoms with van der Waals surface area (Å²) in [4.78, 5) is 22.7. The molecule has 2 aromatic carbocycles. The van der Waals surface area contributed by atoms with Crippen molar-refractivity contribution in [3.8, 4) is 11.5 Å². The predicted molar refractivity (Wildman–Crippen MR) is 74.3 cm³/mol. The van der Waals surface area contributed by atoms with E-state index in [2.05, 4.69) is 0 Å². The number of hydrogen-bond donors (Lipinski definition) is 0. The molecule has 0 N–H and O–H groups in total. The summed E-state index contributed by atoms with van der Waals surface area (Å²) in [5, 5.41) is 0. The van der Waals surface area contributed by atoms with Gasteiger partial charge in [0, 0.05) is 5.56 Å². The molecule has 0 fully saturated rings.